The first-order valence-corrected chi connectivity index (χ1v) is 9.84. The Morgan fingerprint density at radius 2 is 2.04 bits per heavy atom. The first-order valence-electron chi connectivity index (χ1n) is 9.84. The third-order valence-electron chi connectivity index (χ3n) is 5.61. The summed E-state index contributed by atoms with van der Waals surface area (Å²) in [6, 6.07) is 3.99. The summed E-state index contributed by atoms with van der Waals surface area (Å²) in [7, 11) is 0. The van der Waals surface area contributed by atoms with Crippen LogP contribution >= 0.6 is 12.4 Å². The Morgan fingerprint density at radius 1 is 1.25 bits per heavy atom. The number of nitrogens with one attached hydrogen (secondary N) is 2. The molecule has 1 aromatic heterocycles. The molecule has 7 heteroatoms. The lowest BCUT2D eigenvalue weighted by atomic mass is 9.90. The van der Waals surface area contributed by atoms with E-state index in [-0.39, 0.29) is 36.6 Å². The number of carbonyl (C=O) groups excluding carboxylic acids is 1. The molecule has 1 saturated heterocycles. The average molecular weight is 407 g/mol. The average Bonchev–Trinajstić information content (AvgIpc) is 2.69. The number of fused-ring (bicyclic) bond motifs is 3. The van der Waals surface area contributed by atoms with E-state index in [1.165, 1.54) is 0 Å². The molecule has 0 unspecified atom stereocenters. The summed E-state index contributed by atoms with van der Waals surface area (Å²) >= 11 is 0. The van der Waals surface area contributed by atoms with Crippen molar-refractivity contribution in [2.45, 2.75) is 51.5 Å². The van der Waals surface area contributed by atoms with Gasteiger partial charge in [0.05, 0.1) is 0 Å². The number of halogens is 1. The van der Waals surface area contributed by atoms with Crippen LogP contribution in [0, 0.1) is 6.92 Å². The van der Waals surface area contributed by atoms with E-state index in [0.717, 1.165) is 73.7 Å². The number of benzene rings is 1. The molecule has 1 atom stereocenters. The first kappa shape index (κ1) is 20.7. The standard InChI is InChI=1S/C21H26N2O4.ClH/c1-13-18(26-12-19(24)23-14-5-4-10-22-11-14)9-8-16-15-6-2-3-7-17(15)21(25)27-20(13)16;/h8-9,14,22H,2-7,10-12H2,1H3,(H,23,24);1H/t14-;/m1./s1. The van der Waals surface area contributed by atoms with E-state index in [1.807, 2.05) is 19.1 Å². The summed E-state index contributed by atoms with van der Waals surface area (Å²) in [6.45, 7) is 3.64. The van der Waals surface area contributed by atoms with E-state index < -0.39 is 0 Å². The predicted molar refractivity (Wildman–Crippen MR) is 111 cm³/mol. The molecule has 0 saturated carbocycles. The number of rotatable bonds is 4. The number of amides is 1. The highest BCUT2D eigenvalue weighted by Gasteiger charge is 2.20. The van der Waals surface area contributed by atoms with Gasteiger partial charge in [-0.05, 0) is 69.7 Å². The maximum absolute atomic E-state index is 12.4. The fourth-order valence-corrected chi connectivity index (χ4v) is 4.17. The van der Waals surface area contributed by atoms with Crippen LogP contribution in [0.4, 0.5) is 0 Å². The van der Waals surface area contributed by atoms with Gasteiger partial charge in [0.15, 0.2) is 6.61 Å². The van der Waals surface area contributed by atoms with Crippen LogP contribution in [0.1, 0.15) is 42.4 Å². The van der Waals surface area contributed by atoms with Crippen LogP contribution in [-0.2, 0) is 17.6 Å². The second-order valence-corrected chi connectivity index (χ2v) is 7.52. The van der Waals surface area contributed by atoms with Crippen molar-refractivity contribution in [1.29, 1.82) is 0 Å². The molecule has 1 aliphatic heterocycles. The van der Waals surface area contributed by atoms with Crippen molar-refractivity contribution in [3.05, 3.63) is 39.2 Å². The first-order chi connectivity index (χ1) is 13.1. The Hall–Kier alpha value is -2.05. The van der Waals surface area contributed by atoms with Gasteiger partial charge in [0.1, 0.15) is 11.3 Å². The third-order valence-corrected chi connectivity index (χ3v) is 5.61. The van der Waals surface area contributed by atoms with Gasteiger partial charge < -0.3 is 19.8 Å². The van der Waals surface area contributed by atoms with Gasteiger partial charge in [-0.1, -0.05) is 0 Å². The van der Waals surface area contributed by atoms with Gasteiger partial charge in [0.25, 0.3) is 5.91 Å². The van der Waals surface area contributed by atoms with Crippen LogP contribution in [0.3, 0.4) is 0 Å². The Kier molecular flexibility index (Phi) is 6.62. The zero-order valence-corrected chi connectivity index (χ0v) is 17.0. The summed E-state index contributed by atoms with van der Waals surface area (Å²) in [5.41, 5.74) is 3.05. The van der Waals surface area contributed by atoms with E-state index in [4.69, 9.17) is 9.15 Å². The highest BCUT2D eigenvalue weighted by Crippen LogP contribution is 2.32. The second kappa shape index (κ2) is 8.97. The molecule has 1 aromatic carbocycles. The van der Waals surface area contributed by atoms with Crippen molar-refractivity contribution >= 4 is 29.3 Å². The van der Waals surface area contributed by atoms with Crippen LogP contribution in [0.25, 0.3) is 11.0 Å². The number of aryl methyl sites for hydroxylation is 2. The van der Waals surface area contributed by atoms with Gasteiger partial charge in [-0.25, -0.2) is 4.79 Å². The minimum Gasteiger partial charge on any atom is -0.483 e. The lowest BCUT2D eigenvalue weighted by Gasteiger charge is -2.23. The number of hydrogen-bond acceptors (Lipinski definition) is 5. The zero-order valence-electron chi connectivity index (χ0n) is 16.1. The molecule has 1 amide bonds. The molecule has 1 aliphatic carbocycles. The molecule has 28 heavy (non-hydrogen) atoms. The van der Waals surface area contributed by atoms with Gasteiger partial charge >= 0.3 is 5.63 Å². The highest BCUT2D eigenvalue weighted by atomic mass is 35.5. The maximum atomic E-state index is 12.4. The van der Waals surface area contributed by atoms with Crippen LogP contribution in [-0.4, -0.2) is 31.6 Å². The summed E-state index contributed by atoms with van der Waals surface area (Å²) in [5, 5.41) is 7.26. The van der Waals surface area contributed by atoms with E-state index in [1.54, 1.807) is 0 Å². The number of hydrogen-bond donors (Lipinski definition) is 2. The summed E-state index contributed by atoms with van der Waals surface area (Å²) in [6.07, 6.45) is 5.90. The lowest BCUT2D eigenvalue weighted by molar-refractivity contribution is -0.123. The molecule has 4 rings (SSSR count). The molecule has 6 nitrogen and oxygen atoms in total. The Labute approximate surface area is 170 Å². The topological polar surface area (TPSA) is 80.6 Å². The smallest absolute Gasteiger partial charge is 0.339 e. The van der Waals surface area contributed by atoms with Crippen molar-refractivity contribution in [3.63, 3.8) is 0 Å². The van der Waals surface area contributed by atoms with E-state index in [0.29, 0.717) is 11.3 Å². The minimum atomic E-state index is -0.236. The number of carbonyl (C=O) groups is 1. The van der Waals surface area contributed by atoms with E-state index in [9.17, 15) is 9.59 Å². The predicted octanol–water partition coefficient (Wildman–Crippen LogP) is 2.65. The second-order valence-electron chi connectivity index (χ2n) is 7.52. The van der Waals surface area contributed by atoms with E-state index >= 15 is 0 Å². The Balaban J connectivity index is 0.00000225. The molecule has 0 spiro atoms. The van der Waals surface area contributed by atoms with Gasteiger partial charge in [0.2, 0.25) is 0 Å². The number of piperidine rings is 1. The van der Waals surface area contributed by atoms with Gasteiger partial charge in [-0.2, -0.15) is 0 Å². The monoisotopic (exact) mass is 406 g/mol. The fraction of sp³-hybridized carbons (Fsp3) is 0.524. The van der Waals surface area contributed by atoms with Crippen LogP contribution in [0.5, 0.6) is 5.75 Å². The molecule has 1 fully saturated rings. The van der Waals surface area contributed by atoms with Crippen LogP contribution in [0.15, 0.2) is 21.3 Å². The molecule has 0 bridgehead atoms. The largest absolute Gasteiger partial charge is 0.483 e. The quantitative estimate of drug-likeness (QED) is 0.763. The lowest BCUT2D eigenvalue weighted by Crippen LogP contribution is -2.47. The summed E-state index contributed by atoms with van der Waals surface area (Å²) in [4.78, 5) is 24.5. The van der Waals surface area contributed by atoms with Crippen LogP contribution < -0.4 is 21.0 Å². The minimum absolute atomic E-state index is 0. The van der Waals surface area contributed by atoms with Gasteiger partial charge in [-0.15, -0.1) is 12.4 Å². The maximum Gasteiger partial charge on any atom is 0.339 e. The molecular formula is C21H27ClN2O4. The molecule has 2 heterocycles. The van der Waals surface area contributed by atoms with Gasteiger partial charge in [0, 0.05) is 29.1 Å². The van der Waals surface area contributed by atoms with Crippen LogP contribution in [0.2, 0.25) is 0 Å². The van der Waals surface area contributed by atoms with Crippen molar-refractivity contribution in [2.24, 2.45) is 0 Å². The fourth-order valence-electron chi connectivity index (χ4n) is 4.17. The van der Waals surface area contributed by atoms with Crippen molar-refractivity contribution < 1.29 is 13.9 Å². The number of ether oxygens (including phenoxy) is 1. The highest BCUT2D eigenvalue weighted by molar-refractivity contribution is 5.86. The molecule has 2 aromatic rings. The molecule has 152 valence electrons. The zero-order chi connectivity index (χ0) is 18.8. The summed E-state index contributed by atoms with van der Waals surface area (Å²) in [5.74, 6) is 0.452. The SMILES string of the molecule is Cc1c(OCC(=O)N[C@@H]2CCCNC2)ccc2c3c(c(=O)oc12)CCCC3.Cl. The molecule has 0 radical (unpaired) electrons. The molecular weight excluding hydrogens is 380 g/mol. The van der Waals surface area contributed by atoms with Crippen molar-refractivity contribution in [1.82, 2.24) is 10.6 Å². The van der Waals surface area contributed by atoms with Crippen molar-refractivity contribution in [3.8, 4) is 5.75 Å². The van der Waals surface area contributed by atoms with E-state index in [2.05, 4.69) is 10.6 Å². The third kappa shape index (κ3) is 4.18. The van der Waals surface area contributed by atoms with Crippen molar-refractivity contribution in [2.75, 3.05) is 19.7 Å². The Bertz CT molecular complexity index is 919. The van der Waals surface area contributed by atoms with Gasteiger partial charge in [-0.3, -0.25) is 4.79 Å². The summed E-state index contributed by atoms with van der Waals surface area (Å²) < 4.78 is 11.4. The molecule has 2 N–H and O–H groups in total. The normalized spacial score (nSPS) is 18.8. The Morgan fingerprint density at radius 3 is 2.79 bits per heavy atom. The molecule has 2 aliphatic rings.